The summed E-state index contributed by atoms with van der Waals surface area (Å²) in [4.78, 5) is 27.4. The van der Waals surface area contributed by atoms with Gasteiger partial charge >= 0.3 is 5.97 Å². The van der Waals surface area contributed by atoms with Crippen molar-refractivity contribution < 1.29 is 19.4 Å². The Kier molecular flexibility index (Phi) is 5.30. The normalized spacial score (nSPS) is 11.6. The van der Waals surface area contributed by atoms with Crippen molar-refractivity contribution in [1.82, 2.24) is 10.3 Å². The number of methoxy groups -OCH3 is 1. The number of carbonyl (C=O) groups is 2. The Balaban J connectivity index is 2.21. The van der Waals surface area contributed by atoms with Crippen LogP contribution in [0.3, 0.4) is 0 Å². The molecule has 2 N–H and O–H groups in total. The first-order valence-corrected chi connectivity index (χ1v) is 7.20. The third kappa shape index (κ3) is 4.06. The number of aromatic nitrogens is 1. The molecular formula is C17H18N2O4. The minimum Gasteiger partial charge on any atom is -0.497 e. The van der Waals surface area contributed by atoms with Gasteiger partial charge in [-0.05, 0) is 42.8 Å². The third-order valence-electron chi connectivity index (χ3n) is 3.38. The lowest BCUT2D eigenvalue weighted by Crippen LogP contribution is -2.40. The number of carbonyl (C=O) groups excluding carboxylic acids is 1. The first kappa shape index (κ1) is 16.5. The number of nitrogens with one attached hydrogen (secondary N) is 1. The molecular weight excluding hydrogens is 296 g/mol. The van der Waals surface area contributed by atoms with Crippen LogP contribution in [0.25, 0.3) is 11.3 Å². The molecule has 0 bridgehead atoms. The van der Waals surface area contributed by atoms with E-state index in [1.807, 2.05) is 12.1 Å². The second-order valence-corrected chi connectivity index (χ2v) is 4.91. The maximum Gasteiger partial charge on any atom is 0.326 e. The first-order valence-electron chi connectivity index (χ1n) is 7.20. The van der Waals surface area contributed by atoms with Crippen molar-refractivity contribution >= 4 is 11.9 Å². The van der Waals surface area contributed by atoms with E-state index in [2.05, 4.69) is 10.3 Å². The number of ether oxygens (including phenoxy) is 1. The van der Waals surface area contributed by atoms with Gasteiger partial charge in [-0.25, -0.2) is 9.78 Å². The van der Waals surface area contributed by atoms with Gasteiger partial charge in [0.25, 0.3) is 5.91 Å². The van der Waals surface area contributed by atoms with E-state index in [1.54, 1.807) is 44.4 Å². The first-order chi connectivity index (χ1) is 11.0. The number of nitrogens with zero attached hydrogens (tertiary/aromatic N) is 1. The van der Waals surface area contributed by atoms with E-state index in [0.29, 0.717) is 12.1 Å². The van der Waals surface area contributed by atoms with Gasteiger partial charge in [0, 0.05) is 5.56 Å². The van der Waals surface area contributed by atoms with Gasteiger partial charge in [-0.2, -0.15) is 0 Å². The molecule has 6 nitrogen and oxygen atoms in total. The summed E-state index contributed by atoms with van der Waals surface area (Å²) >= 11 is 0. The van der Waals surface area contributed by atoms with Crippen molar-refractivity contribution in [1.29, 1.82) is 0 Å². The summed E-state index contributed by atoms with van der Waals surface area (Å²) in [7, 11) is 1.59. The fourth-order valence-electron chi connectivity index (χ4n) is 2.05. The van der Waals surface area contributed by atoms with Gasteiger partial charge in [0.15, 0.2) is 0 Å². The number of rotatable bonds is 6. The second-order valence-electron chi connectivity index (χ2n) is 4.91. The van der Waals surface area contributed by atoms with Crippen molar-refractivity contribution in [3.05, 3.63) is 48.2 Å². The van der Waals surface area contributed by atoms with Gasteiger partial charge < -0.3 is 15.2 Å². The lowest BCUT2D eigenvalue weighted by Gasteiger charge is -2.12. The standard InChI is InChI=1S/C17H18N2O4/c1-3-13(17(21)22)19-16(20)15-6-4-5-14(18-15)11-7-9-12(23-2)10-8-11/h4-10,13H,3H2,1-2H3,(H,19,20)(H,21,22)/t13-/m0/s1. The van der Waals surface area contributed by atoms with Crippen LogP contribution in [0.15, 0.2) is 42.5 Å². The molecule has 6 heteroatoms. The van der Waals surface area contributed by atoms with Crippen LogP contribution in [0.1, 0.15) is 23.8 Å². The zero-order valence-corrected chi connectivity index (χ0v) is 12.9. The second kappa shape index (κ2) is 7.40. The van der Waals surface area contributed by atoms with E-state index >= 15 is 0 Å². The van der Waals surface area contributed by atoms with Crippen LogP contribution >= 0.6 is 0 Å². The van der Waals surface area contributed by atoms with E-state index in [-0.39, 0.29) is 5.69 Å². The van der Waals surface area contributed by atoms with Gasteiger partial charge in [-0.1, -0.05) is 13.0 Å². The highest BCUT2D eigenvalue weighted by atomic mass is 16.5. The molecule has 0 fully saturated rings. The van der Waals surface area contributed by atoms with Crippen LogP contribution in [0, 0.1) is 0 Å². The summed E-state index contributed by atoms with van der Waals surface area (Å²) in [5.74, 6) is -0.836. The number of carboxylic acid groups (broad SMARTS) is 1. The molecule has 0 saturated carbocycles. The molecule has 0 aliphatic rings. The molecule has 0 spiro atoms. The van der Waals surface area contributed by atoms with Crippen LogP contribution in [-0.2, 0) is 4.79 Å². The van der Waals surface area contributed by atoms with Crippen molar-refractivity contribution in [3.63, 3.8) is 0 Å². The predicted octanol–water partition coefficient (Wildman–Crippen LogP) is 2.35. The summed E-state index contributed by atoms with van der Waals surface area (Å²) in [6.45, 7) is 1.69. The molecule has 0 aliphatic heterocycles. The van der Waals surface area contributed by atoms with Gasteiger partial charge in [0.1, 0.15) is 17.5 Å². The van der Waals surface area contributed by atoms with Gasteiger partial charge in [0.2, 0.25) is 0 Å². The van der Waals surface area contributed by atoms with E-state index < -0.39 is 17.9 Å². The Morgan fingerprint density at radius 3 is 2.48 bits per heavy atom. The molecule has 2 rings (SSSR count). The largest absolute Gasteiger partial charge is 0.497 e. The molecule has 1 aromatic carbocycles. The average Bonchev–Trinajstić information content (AvgIpc) is 2.59. The quantitative estimate of drug-likeness (QED) is 0.854. The van der Waals surface area contributed by atoms with Crippen LogP contribution in [0.4, 0.5) is 0 Å². The Bertz CT molecular complexity index is 698. The van der Waals surface area contributed by atoms with Crippen LogP contribution in [-0.4, -0.2) is 35.1 Å². The summed E-state index contributed by atoms with van der Waals surface area (Å²) in [6.07, 6.45) is 0.305. The summed E-state index contributed by atoms with van der Waals surface area (Å²) in [5.41, 5.74) is 1.65. The maximum absolute atomic E-state index is 12.1. The molecule has 0 aliphatic carbocycles. The molecule has 23 heavy (non-hydrogen) atoms. The number of benzene rings is 1. The Hall–Kier alpha value is -2.89. The fraction of sp³-hybridized carbons (Fsp3) is 0.235. The number of carboxylic acids is 1. The molecule has 0 radical (unpaired) electrons. The maximum atomic E-state index is 12.1. The van der Waals surface area contributed by atoms with Crippen LogP contribution in [0.2, 0.25) is 0 Å². The number of amides is 1. The molecule has 1 aromatic heterocycles. The molecule has 0 unspecified atom stereocenters. The highest BCUT2D eigenvalue weighted by Gasteiger charge is 2.19. The zero-order chi connectivity index (χ0) is 16.8. The number of hydrogen-bond donors (Lipinski definition) is 2. The SMILES string of the molecule is CC[C@H](NC(=O)c1cccc(-c2ccc(OC)cc2)n1)C(=O)O. The van der Waals surface area contributed by atoms with Gasteiger partial charge in [-0.3, -0.25) is 4.79 Å². The molecule has 1 atom stereocenters. The molecule has 1 heterocycles. The van der Waals surface area contributed by atoms with Crippen LogP contribution < -0.4 is 10.1 Å². The number of aliphatic carboxylic acids is 1. The highest BCUT2D eigenvalue weighted by Crippen LogP contribution is 2.20. The Labute approximate surface area is 134 Å². The topological polar surface area (TPSA) is 88.5 Å². The van der Waals surface area contributed by atoms with Crippen molar-refractivity contribution in [2.24, 2.45) is 0 Å². The summed E-state index contributed by atoms with van der Waals surface area (Å²) in [5, 5.41) is 11.5. The number of pyridine rings is 1. The van der Waals surface area contributed by atoms with Crippen molar-refractivity contribution in [3.8, 4) is 17.0 Å². The zero-order valence-electron chi connectivity index (χ0n) is 12.9. The predicted molar refractivity (Wildman–Crippen MR) is 85.4 cm³/mol. The average molecular weight is 314 g/mol. The van der Waals surface area contributed by atoms with E-state index in [9.17, 15) is 9.59 Å². The van der Waals surface area contributed by atoms with E-state index in [1.165, 1.54) is 0 Å². The summed E-state index contributed by atoms with van der Waals surface area (Å²) < 4.78 is 5.11. The Morgan fingerprint density at radius 1 is 1.22 bits per heavy atom. The van der Waals surface area contributed by atoms with Crippen LogP contribution in [0.5, 0.6) is 5.75 Å². The minimum atomic E-state index is -1.06. The molecule has 1 amide bonds. The molecule has 2 aromatic rings. The lowest BCUT2D eigenvalue weighted by atomic mass is 10.1. The monoisotopic (exact) mass is 314 g/mol. The fourth-order valence-corrected chi connectivity index (χ4v) is 2.05. The summed E-state index contributed by atoms with van der Waals surface area (Å²) in [6, 6.07) is 11.4. The highest BCUT2D eigenvalue weighted by molar-refractivity contribution is 5.95. The van der Waals surface area contributed by atoms with Crippen molar-refractivity contribution in [2.75, 3.05) is 7.11 Å². The minimum absolute atomic E-state index is 0.179. The van der Waals surface area contributed by atoms with Gasteiger partial charge in [-0.15, -0.1) is 0 Å². The smallest absolute Gasteiger partial charge is 0.326 e. The number of hydrogen-bond acceptors (Lipinski definition) is 4. The van der Waals surface area contributed by atoms with Crippen molar-refractivity contribution in [2.45, 2.75) is 19.4 Å². The lowest BCUT2D eigenvalue weighted by molar-refractivity contribution is -0.139. The van der Waals surface area contributed by atoms with E-state index in [0.717, 1.165) is 11.3 Å². The Morgan fingerprint density at radius 2 is 1.91 bits per heavy atom. The molecule has 120 valence electrons. The molecule has 0 saturated heterocycles. The van der Waals surface area contributed by atoms with Gasteiger partial charge in [0.05, 0.1) is 12.8 Å². The third-order valence-corrected chi connectivity index (χ3v) is 3.38. The van der Waals surface area contributed by atoms with E-state index in [4.69, 9.17) is 9.84 Å².